The van der Waals surface area contributed by atoms with E-state index >= 15 is 0 Å². The maximum absolute atomic E-state index is 3.97. The van der Waals surface area contributed by atoms with Crippen molar-refractivity contribution in [1.82, 2.24) is 0 Å². The topological polar surface area (TPSA) is 0 Å². The quantitative estimate of drug-likeness (QED) is 0.507. The largest absolute Gasteiger partial charge is 0.121 e. The van der Waals surface area contributed by atoms with E-state index < -0.39 is 0 Å². The predicted octanol–water partition coefficient (Wildman–Crippen LogP) is 5.25. The fraction of sp³-hybridized carbons (Fsp3) is 0.333. The standard InChI is InChI=1S/C13H16S.C2H6/c1-10(2)12(4)9-14-13-7-5-11(3)6-8-13;1-2/h5-8H,1,4,9H2,2-3H3;1-2H3. The van der Waals surface area contributed by atoms with Crippen LogP contribution in [0.2, 0.25) is 0 Å². The Hall–Kier alpha value is -0.950. The minimum absolute atomic E-state index is 0.929. The van der Waals surface area contributed by atoms with Crippen molar-refractivity contribution >= 4 is 11.8 Å². The van der Waals surface area contributed by atoms with Crippen molar-refractivity contribution in [2.45, 2.75) is 32.6 Å². The molecule has 0 aromatic heterocycles. The second kappa shape index (κ2) is 8.23. The Kier molecular flexibility index (Phi) is 7.74. The zero-order valence-electron chi connectivity index (χ0n) is 10.8. The van der Waals surface area contributed by atoms with Crippen LogP contribution in [0.3, 0.4) is 0 Å². The molecule has 88 valence electrons. The van der Waals surface area contributed by atoms with Crippen molar-refractivity contribution in [3.8, 4) is 0 Å². The molecule has 0 nitrogen and oxygen atoms in total. The van der Waals surface area contributed by atoms with E-state index in [2.05, 4.69) is 44.3 Å². The molecule has 0 saturated carbocycles. The summed E-state index contributed by atoms with van der Waals surface area (Å²) in [5, 5.41) is 0. The summed E-state index contributed by atoms with van der Waals surface area (Å²) in [4.78, 5) is 1.29. The molecule has 1 heteroatoms. The minimum atomic E-state index is 0.929. The monoisotopic (exact) mass is 234 g/mol. The smallest absolute Gasteiger partial charge is 0.0228 e. The van der Waals surface area contributed by atoms with Crippen LogP contribution in [0.1, 0.15) is 26.3 Å². The van der Waals surface area contributed by atoms with Gasteiger partial charge in [0.1, 0.15) is 0 Å². The summed E-state index contributed by atoms with van der Waals surface area (Å²) >= 11 is 1.81. The number of hydrogen-bond donors (Lipinski definition) is 0. The highest BCUT2D eigenvalue weighted by Crippen LogP contribution is 2.22. The summed E-state index contributed by atoms with van der Waals surface area (Å²) < 4.78 is 0. The molecule has 0 aliphatic carbocycles. The maximum atomic E-state index is 3.97. The van der Waals surface area contributed by atoms with Crippen LogP contribution >= 0.6 is 11.8 Å². The molecule has 0 amide bonds. The Morgan fingerprint density at radius 1 is 1.12 bits per heavy atom. The molecule has 0 radical (unpaired) electrons. The lowest BCUT2D eigenvalue weighted by atomic mass is 10.2. The first-order valence-corrected chi connectivity index (χ1v) is 6.61. The van der Waals surface area contributed by atoms with Gasteiger partial charge < -0.3 is 0 Å². The van der Waals surface area contributed by atoms with Gasteiger partial charge in [0, 0.05) is 10.6 Å². The second-order valence-electron chi connectivity index (χ2n) is 3.49. The van der Waals surface area contributed by atoms with Gasteiger partial charge in [0.15, 0.2) is 0 Å². The van der Waals surface area contributed by atoms with Gasteiger partial charge >= 0.3 is 0 Å². The summed E-state index contributed by atoms with van der Waals surface area (Å²) in [6.07, 6.45) is 0. The number of thioether (sulfide) groups is 1. The van der Waals surface area contributed by atoms with Crippen molar-refractivity contribution in [2.24, 2.45) is 0 Å². The van der Waals surface area contributed by atoms with E-state index in [4.69, 9.17) is 0 Å². The number of benzene rings is 1. The SMILES string of the molecule is C=C(C)C(=C)CSc1ccc(C)cc1.CC. The molecule has 0 atom stereocenters. The van der Waals surface area contributed by atoms with Crippen molar-refractivity contribution in [3.63, 3.8) is 0 Å². The Bertz CT molecular complexity index is 333. The summed E-state index contributed by atoms with van der Waals surface area (Å²) in [6.45, 7) is 15.9. The zero-order chi connectivity index (χ0) is 12.6. The number of aryl methyl sites for hydroxylation is 1. The highest BCUT2D eigenvalue weighted by atomic mass is 32.2. The third-order valence-electron chi connectivity index (χ3n) is 2.04. The van der Waals surface area contributed by atoms with Gasteiger partial charge in [0.05, 0.1) is 0 Å². The van der Waals surface area contributed by atoms with Crippen molar-refractivity contribution in [1.29, 1.82) is 0 Å². The third kappa shape index (κ3) is 5.82. The molecule has 0 aliphatic heterocycles. The molecule has 0 aliphatic rings. The molecule has 1 rings (SSSR count). The van der Waals surface area contributed by atoms with E-state index in [0.717, 1.165) is 16.9 Å². The first kappa shape index (κ1) is 15.0. The molecular weight excluding hydrogens is 212 g/mol. The molecule has 0 spiro atoms. The molecule has 0 bridgehead atoms. The first-order valence-electron chi connectivity index (χ1n) is 5.62. The number of hydrogen-bond acceptors (Lipinski definition) is 1. The normalized spacial score (nSPS) is 9.00. The summed E-state index contributed by atoms with van der Waals surface area (Å²) in [7, 11) is 0. The fourth-order valence-electron chi connectivity index (χ4n) is 0.928. The molecule has 16 heavy (non-hydrogen) atoms. The van der Waals surface area contributed by atoms with Gasteiger partial charge in [-0.05, 0) is 31.6 Å². The predicted molar refractivity (Wildman–Crippen MR) is 77.2 cm³/mol. The molecule has 0 fully saturated rings. The molecule has 1 aromatic carbocycles. The minimum Gasteiger partial charge on any atom is -0.121 e. The van der Waals surface area contributed by atoms with Gasteiger partial charge in [0.25, 0.3) is 0 Å². The van der Waals surface area contributed by atoms with Crippen LogP contribution in [-0.2, 0) is 0 Å². The van der Waals surface area contributed by atoms with Crippen molar-refractivity contribution in [3.05, 3.63) is 54.1 Å². The summed E-state index contributed by atoms with van der Waals surface area (Å²) in [5.74, 6) is 0.929. The van der Waals surface area contributed by atoms with E-state index in [0.29, 0.717) is 0 Å². The van der Waals surface area contributed by atoms with Crippen molar-refractivity contribution < 1.29 is 0 Å². The lowest BCUT2D eigenvalue weighted by Gasteiger charge is -2.04. The van der Waals surface area contributed by atoms with Crippen LogP contribution < -0.4 is 0 Å². The van der Waals surface area contributed by atoms with Crippen LogP contribution in [0.25, 0.3) is 0 Å². The van der Waals surface area contributed by atoms with Crippen LogP contribution in [0.4, 0.5) is 0 Å². The van der Waals surface area contributed by atoms with Crippen LogP contribution in [0.5, 0.6) is 0 Å². The number of allylic oxidation sites excluding steroid dienone is 1. The van der Waals surface area contributed by atoms with Gasteiger partial charge in [-0.25, -0.2) is 0 Å². The first-order chi connectivity index (χ1) is 7.59. The van der Waals surface area contributed by atoms with Crippen LogP contribution in [0.15, 0.2) is 53.5 Å². The van der Waals surface area contributed by atoms with E-state index in [-0.39, 0.29) is 0 Å². The lowest BCUT2D eigenvalue weighted by molar-refractivity contribution is 1.36. The van der Waals surface area contributed by atoms with E-state index in [1.54, 1.807) is 11.8 Å². The van der Waals surface area contributed by atoms with E-state index in [1.807, 2.05) is 20.8 Å². The van der Waals surface area contributed by atoms with E-state index in [1.165, 1.54) is 10.5 Å². The van der Waals surface area contributed by atoms with Gasteiger partial charge in [-0.3, -0.25) is 0 Å². The molecule has 0 saturated heterocycles. The summed E-state index contributed by atoms with van der Waals surface area (Å²) in [5.41, 5.74) is 3.49. The molecule has 0 unspecified atom stereocenters. The van der Waals surface area contributed by atoms with Crippen LogP contribution in [-0.4, -0.2) is 5.75 Å². The average Bonchev–Trinajstić information content (AvgIpc) is 2.30. The van der Waals surface area contributed by atoms with E-state index in [9.17, 15) is 0 Å². The van der Waals surface area contributed by atoms with Gasteiger partial charge in [-0.2, -0.15) is 0 Å². The Morgan fingerprint density at radius 3 is 2.06 bits per heavy atom. The molecule has 0 N–H and O–H groups in total. The van der Waals surface area contributed by atoms with Gasteiger partial charge in [0.2, 0.25) is 0 Å². The zero-order valence-corrected chi connectivity index (χ0v) is 11.7. The Balaban J connectivity index is 0.00000106. The Morgan fingerprint density at radius 2 is 1.62 bits per heavy atom. The highest BCUT2D eigenvalue weighted by molar-refractivity contribution is 7.99. The fourth-order valence-corrected chi connectivity index (χ4v) is 1.84. The lowest BCUT2D eigenvalue weighted by Crippen LogP contribution is -1.86. The molecular formula is C15H22S. The van der Waals surface area contributed by atoms with Crippen LogP contribution in [0, 0.1) is 6.92 Å². The third-order valence-corrected chi connectivity index (χ3v) is 3.14. The number of rotatable bonds is 4. The highest BCUT2D eigenvalue weighted by Gasteiger charge is 1.97. The van der Waals surface area contributed by atoms with Gasteiger partial charge in [-0.15, -0.1) is 11.8 Å². The molecule has 1 aromatic rings. The second-order valence-corrected chi connectivity index (χ2v) is 4.53. The average molecular weight is 234 g/mol. The van der Waals surface area contributed by atoms with Crippen molar-refractivity contribution in [2.75, 3.05) is 5.75 Å². The Labute approximate surface area is 104 Å². The van der Waals surface area contributed by atoms with Gasteiger partial charge in [-0.1, -0.05) is 50.3 Å². The summed E-state index contributed by atoms with van der Waals surface area (Å²) in [6, 6.07) is 8.55. The molecule has 0 heterocycles. The maximum Gasteiger partial charge on any atom is 0.0228 e.